The van der Waals surface area contributed by atoms with Gasteiger partial charge < -0.3 is 5.32 Å². The van der Waals surface area contributed by atoms with Gasteiger partial charge in [0.2, 0.25) is 0 Å². The molecule has 1 saturated heterocycles. The SMILES string of the molecule is Cc1ccc(N2NC(C)(c3ccc(Cl)cc3)NC2=S)cc1. The molecule has 3 rings (SSSR count). The van der Waals surface area contributed by atoms with E-state index >= 15 is 0 Å². The number of nitrogens with one attached hydrogen (secondary N) is 2. The molecule has 2 N–H and O–H groups in total. The van der Waals surface area contributed by atoms with Crippen LogP contribution in [0.25, 0.3) is 0 Å². The van der Waals surface area contributed by atoms with Gasteiger partial charge in [-0.1, -0.05) is 41.4 Å². The van der Waals surface area contributed by atoms with Crippen LogP contribution < -0.4 is 15.8 Å². The van der Waals surface area contributed by atoms with Gasteiger partial charge in [0.15, 0.2) is 5.11 Å². The Hall–Kier alpha value is -1.62. The molecule has 1 atom stereocenters. The van der Waals surface area contributed by atoms with Crippen LogP contribution in [-0.2, 0) is 5.66 Å². The number of halogens is 1. The minimum absolute atomic E-state index is 0.452. The number of rotatable bonds is 2. The first kappa shape index (κ1) is 14.3. The smallest absolute Gasteiger partial charge is 0.190 e. The molecule has 3 nitrogen and oxygen atoms in total. The van der Waals surface area contributed by atoms with Crippen molar-refractivity contribution in [2.24, 2.45) is 0 Å². The fourth-order valence-corrected chi connectivity index (χ4v) is 2.85. The molecule has 0 aliphatic carbocycles. The Labute approximate surface area is 134 Å². The average molecular weight is 318 g/mol. The average Bonchev–Trinajstić information content (AvgIpc) is 2.77. The predicted octanol–water partition coefficient (Wildman–Crippen LogP) is 3.72. The largest absolute Gasteiger partial charge is 0.338 e. The van der Waals surface area contributed by atoms with Gasteiger partial charge in [-0.2, -0.15) is 5.43 Å². The van der Waals surface area contributed by atoms with E-state index in [0.717, 1.165) is 16.3 Å². The highest BCUT2D eigenvalue weighted by atomic mass is 35.5. The van der Waals surface area contributed by atoms with Crippen molar-refractivity contribution in [2.45, 2.75) is 19.5 Å². The summed E-state index contributed by atoms with van der Waals surface area (Å²) < 4.78 is 0. The van der Waals surface area contributed by atoms with Crippen molar-refractivity contribution in [3.8, 4) is 0 Å². The van der Waals surface area contributed by atoms with Crippen LogP contribution in [0.5, 0.6) is 0 Å². The minimum Gasteiger partial charge on any atom is -0.338 e. The zero-order valence-corrected chi connectivity index (χ0v) is 13.4. The van der Waals surface area contributed by atoms with Crippen molar-refractivity contribution in [1.82, 2.24) is 10.7 Å². The van der Waals surface area contributed by atoms with Crippen molar-refractivity contribution in [1.29, 1.82) is 0 Å². The number of thiocarbonyl (C=S) groups is 1. The molecule has 0 aromatic heterocycles. The van der Waals surface area contributed by atoms with Gasteiger partial charge in [0.05, 0.1) is 5.69 Å². The standard InChI is InChI=1S/C16H16ClN3S/c1-11-3-9-14(10-4-11)20-15(21)18-16(2,19-20)12-5-7-13(17)8-6-12/h3-10,19H,1-2H3,(H,18,21). The fraction of sp³-hybridized carbons (Fsp3) is 0.188. The summed E-state index contributed by atoms with van der Waals surface area (Å²) in [4.78, 5) is 0. The summed E-state index contributed by atoms with van der Waals surface area (Å²) >= 11 is 11.4. The number of hydrazine groups is 1. The van der Waals surface area contributed by atoms with Gasteiger partial charge in [-0.15, -0.1) is 0 Å². The van der Waals surface area contributed by atoms with Crippen molar-refractivity contribution in [3.63, 3.8) is 0 Å². The van der Waals surface area contributed by atoms with Crippen LogP contribution in [0.1, 0.15) is 18.1 Å². The molecule has 1 aliphatic rings. The number of hydrogen-bond donors (Lipinski definition) is 2. The van der Waals surface area contributed by atoms with Crippen LogP contribution in [0, 0.1) is 6.92 Å². The van der Waals surface area contributed by atoms with E-state index in [1.807, 2.05) is 41.4 Å². The Morgan fingerprint density at radius 2 is 1.67 bits per heavy atom. The van der Waals surface area contributed by atoms with Crippen molar-refractivity contribution < 1.29 is 0 Å². The highest BCUT2D eigenvalue weighted by molar-refractivity contribution is 7.80. The summed E-state index contributed by atoms with van der Waals surface area (Å²) in [5.74, 6) is 0. The molecule has 1 fully saturated rings. The lowest BCUT2D eigenvalue weighted by molar-refractivity contribution is 0.390. The molecule has 2 aromatic rings. The quantitative estimate of drug-likeness (QED) is 0.826. The van der Waals surface area contributed by atoms with E-state index in [9.17, 15) is 0 Å². The first-order valence-electron chi connectivity index (χ1n) is 6.71. The lowest BCUT2D eigenvalue weighted by Gasteiger charge is -2.26. The Morgan fingerprint density at radius 3 is 2.29 bits per heavy atom. The monoisotopic (exact) mass is 317 g/mol. The number of benzene rings is 2. The first-order chi connectivity index (χ1) is 9.98. The molecule has 1 unspecified atom stereocenters. The molecule has 1 heterocycles. The van der Waals surface area contributed by atoms with Gasteiger partial charge in [-0.25, -0.2) is 5.01 Å². The summed E-state index contributed by atoms with van der Waals surface area (Å²) in [5.41, 5.74) is 6.28. The first-order valence-corrected chi connectivity index (χ1v) is 7.49. The Kier molecular flexibility index (Phi) is 3.61. The Morgan fingerprint density at radius 1 is 1.05 bits per heavy atom. The molecule has 0 amide bonds. The summed E-state index contributed by atoms with van der Waals surface area (Å²) in [6, 6.07) is 16.0. The highest BCUT2D eigenvalue weighted by Gasteiger charge is 2.37. The van der Waals surface area contributed by atoms with Crippen LogP contribution in [0.3, 0.4) is 0 Å². The van der Waals surface area contributed by atoms with Crippen molar-refractivity contribution in [2.75, 3.05) is 5.01 Å². The van der Waals surface area contributed by atoms with E-state index in [-0.39, 0.29) is 0 Å². The maximum atomic E-state index is 5.95. The van der Waals surface area contributed by atoms with Crippen LogP contribution in [0.4, 0.5) is 5.69 Å². The third-order valence-electron chi connectivity index (χ3n) is 3.61. The van der Waals surface area contributed by atoms with Gasteiger partial charge in [-0.05, 0) is 55.9 Å². The number of aryl methyl sites for hydroxylation is 1. The van der Waals surface area contributed by atoms with E-state index in [2.05, 4.69) is 36.7 Å². The van der Waals surface area contributed by atoms with Gasteiger partial charge in [-0.3, -0.25) is 0 Å². The van der Waals surface area contributed by atoms with Gasteiger partial charge >= 0.3 is 0 Å². The van der Waals surface area contributed by atoms with E-state index in [1.165, 1.54) is 5.56 Å². The Bertz CT molecular complexity index is 669. The molecule has 0 radical (unpaired) electrons. The van der Waals surface area contributed by atoms with Crippen LogP contribution in [0.2, 0.25) is 5.02 Å². The summed E-state index contributed by atoms with van der Waals surface area (Å²) in [6.07, 6.45) is 0. The molecular weight excluding hydrogens is 302 g/mol. The number of nitrogens with zero attached hydrogens (tertiary/aromatic N) is 1. The van der Waals surface area contributed by atoms with Crippen LogP contribution in [0.15, 0.2) is 48.5 Å². The van der Waals surface area contributed by atoms with E-state index in [4.69, 9.17) is 23.8 Å². The molecule has 108 valence electrons. The lowest BCUT2D eigenvalue weighted by Crippen LogP contribution is -2.45. The van der Waals surface area contributed by atoms with E-state index < -0.39 is 5.66 Å². The number of anilines is 1. The molecule has 0 spiro atoms. The second-order valence-corrected chi connectivity index (χ2v) is 6.17. The highest BCUT2D eigenvalue weighted by Crippen LogP contribution is 2.27. The topological polar surface area (TPSA) is 27.3 Å². The van der Waals surface area contributed by atoms with Crippen LogP contribution in [-0.4, -0.2) is 5.11 Å². The summed E-state index contributed by atoms with van der Waals surface area (Å²) in [6.45, 7) is 4.12. The second kappa shape index (κ2) is 5.30. The van der Waals surface area contributed by atoms with E-state index in [1.54, 1.807) is 0 Å². The number of hydrogen-bond acceptors (Lipinski definition) is 2. The normalized spacial score (nSPS) is 21.5. The van der Waals surface area contributed by atoms with Crippen LogP contribution >= 0.6 is 23.8 Å². The third-order valence-corrected chi connectivity index (χ3v) is 4.15. The minimum atomic E-state index is -0.452. The molecule has 21 heavy (non-hydrogen) atoms. The van der Waals surface area contributed by atoms with Crippen molar-refractivity contribution >= 4 is 34.6 Å². The zero-order chi connectivity index (χ0) is 15.0. The van der Waals surface area contributed by atoms with Crippen molar-refractivity contribution in [3.05, 3.63) is 64.7 Å². The molecule has 1 aliphatic heterocycles. The third kappa shape index (κ3) is 2.75. The lowest BCUT2D eigenvalue weighted by atomic mass is 10.0. The predicted molar refractivity (Wildman–Crippen MR) is 91.3 cm³/mol. The Balaban J connectivity index is 1.89. The summed E-state index contributed by atoms with van der Waals surface area (Å²) in [5, 5.41) is 6.59. The fourth-order valence-electron chi connectivity index (χ4n) is 2.37. The maximum Gasteiger partial charge on any atom is 0.190 e. The second-order valence-electron chi connectivity index (χ2n) is 5.34. The molecule has 0 bridgehead atoms. The van der Waals surface area contributed by atoms with E-state index in [0.29, 0.717) is 5.11 Å². The molecule has 0 saturated carbocycles. The van der Waals surface area contributed by atoms with Gasteiger partial charge in [0.1, 0.15) is 5.66 Å². The zero-order valence-electron chi connectivity index (χ0n) is 11.9. The van der Waals surface area contributed by atoms with Gasteiger partial charge in [0.25, 0.3) is 0 Å². The van der Waals surface area contributed by atoms with Gasteiger partial charge in [0, 0.05) is 5.02 Å². The maximum absolute atomic E-state index is 5.95. The molecule has 2 aromatic carbocycles. The molecular formula is C16H16ClN3S. The summed E-state index contributed by atoms with van der Waals surface area (Å²) in [7, 11) is 0. The molecule has 5 heteroatoms.